The van der Waals surface area contributed by atoms with Gasteiger partial charge in [0.2, 0.25) is 0 Å². The number of hydrogen-bond donors (Lipinski definition) is 1. The molecular formula is C27H29N3O. The summed E-state index contributed by atoms with van der Waals surface area (Å²) in [6, 6.07) is 25.3. The van der Waals surface area contributed by atoms with Crippen molar-refractivity contribution in [2.75, 3.05) is 44.2 Å². The third-order valence-corrected chi connectivity index (χ3v) is 6.49. The van der Waals surface area contributed by atoms with Gasteiger partial charge in [0.15, 0.2) is 0 Å². The standard InChI is InChI=1S/C27H29N3O/c31-27(22-11-12-26-23(20-22)19-21-7-4-5-10-25(21)26)28-13-6-14-29-15-17-30(18-16-29)24-8-2-1-3-9-24/h1-5,7-12,20H,6,13-19H2,(H,28,31). The lowest BCUT2D eigenvalue weighted by Gasteiger charge is -2.36. The van der Waals surface area contributed by atoms with Crippen molar-refractivity contribution >= 4 is 11.6 Å². The van der Waals surface area contributed by atoms with Crippen molar-refractivity contribution in [3.05, 3.63) is 89.5 Å². The Morgan fingerprint density at radius 1 is 0.806 bits per heavy atom. The Bertz CT molecular complexity index is 1060. The highest BCUT2D eigenvalue weighted by Gasteiger charge is 2.20. The molecule has 1 heterocycles. The van der Waals surface area contributed by atoms with Crippen molar-refractivity contribution in [2.45, 2.75) is 12.8 Å². The maximum Gasteiger partial charge on any atom is 0.251 e. The molecule has 0 unspecified atom stereocenters. The first kappa shape index (κ1) is 19.8. The van der Waals surface area contributed by atoms with Crippen LogP contribution < -0.4 is 10.2 Å². The largest absolute Gasteiger partial charge is 0.369 e. The fourth-order valence-corrected chi connectivity index (χ4v) is 4.76. The molecule has 4 nitrogen and oxygen atoms in total. The maximum atomic E-state index is 12.6. The van der Waals surface area contributed by atoms with Gasteiger partial charge in [-0.15, -0.1) is 0 Å². The Labute approximate surface area is 184 Å². The lowest BCUT2D eigenvalue weighted by Crippen LogP contribution is -2.47. The first-order valence-electron chi connectivity index (χ1n) is 11.3. The molecule has 2 aliphatic rings. The molecule has 0 saturated carbocycles. The number of benzene rings is 3. The highest BCUT2D eigenvalue weighted by atomic mass is 16.1. The number of anilines is 1. The van der Waals surface area contributed by atoms with Crippen LogP contribution in [0, 0.1) is 0 Å². The zero-order valence-electron chi connectivity index (χ0n) is 17.9. The van der Waals surface area contributed by atoms with Crippen LogP contribution in [-0.4, -0.2) is 50.1 Å². The third-order valence-electron chi connectivity index (χ3n) is 6.49. The van der Waals surface area contributed by atoms with Gasteiger partial charge in [0.05, 0.1) is 0 Å². The van der Waals surface area contributed by atoms with Crippen molar-refractivity contribution in [3.63, 3.8) is 0 Å². The van der Waals surface area contributed by atoms with E-state index in [4.69, 9.17) is 0 Å². The topological polar surface area (TPSA) is 35.6 Å². The van der Waals surface area contributed by atoms with E-state index in [9.17, 15) is 4.79 Å². The molecule has 3 aromatic carbocycles. The van der Waals surface area contributed by atoms with Gasteiger partial charge in [-0.25, -0.2) is 0 Å². The van der Waals surface area contributed by atoms with Crippen LogP contribution in [0.3, 0.4) is 0 Å². The predicted molar refractivity (Wildman–Crippen MR) is 127 cm³/mol. The van der Waals surface area contributed by atoms with Crippen molar-refractivity contribution < 1.29 is 4.79 Å². The summed E-state index contributed by atoms with van der Waals surface area (Å²) in [5.74, 6) is 0.0349. The quantitative estimate of drug-likeness (QED) is 0.483. The number of piperazine rings is 1. The molecule has 0 atom stereocenters. The molecule has 31 heavy (non-hydrogen) atoms. The zero-order valence-corrected chi connectivity index (χ0v) is 17.9. The van der Waals surface area contributed by atoms with Crippen molar-refractivity contribution in [1.82, 2.24) is 10.2 Å². The number of carbonyl (C=O) groups is 1. The Balaban J connectivity index is 1.07. The molecule has 1 amide bonds. The lowest BCUT2D eigenvalue weighted by molar-refractivity contribution is 0.0951. The molecule has 1 N–H and O–H groups in total. The molecule has 1 saturated heterocycles. The van der Waals surface area contributed by atoms with Crippen LogP contribution in [-0.2, 0) is 6.42 Å². The summed E-state index contributed by atoms with van der Waals surface area (Å²) in [5, 5.41) is 3.11. The van der Waals surface area contributed by atoms with Gasteiger partial charge in [-0.3, -0.25) is 9.69 Å². The lowest BCUT2D eigenvalue weighted by atomic mass is 10.0. The highest BCUT2D eigenvalue weighted by molar-refractivity contribution is 5.95. The second kappa shape index (κ2) is 8.94. The van der Waals surface area contributed by atoms with E-state index >= 15 is 0 Å². The van der Waals surface area contributed by atoms with E-state index in [-0.39, 0.29) is 5.91 Å². The molecule has 1 fully saturated rings. The summed E-state index contributed by atoms with van der Waals surface area (Å²) in [6.45, 7) is 6.03. The first-order chi connectivity index (χ1) is 15.3. The van der Waals surface area contributed by atoms with E-state index in [1.807, 2.05) is 6.07 Å². The monoisotopic (exact) mass is 411 g/mol. The van der Waals surface area contributed by atoms with Gasteiger partial charge in [-0.1, -0.05) is 48.5 Å². The zero-order chi connectivity index (χ0) is 21.0. The smallest absolute Gasteiger partial charge is 0.251 e. The Kier molecular flexibility index (Phi) is 5.72. The third kappa shape index (κ3) is 4.35. The van der Waals surface area contributed by atoms with Gasteiger partial charge in [-0.05, 0) is 65.9 Å². The molecule has 5 rings (SSSR count). The van der Waals surface area contributed by atoms with Crippen LogP contribution >= 0.6 is 0 Å². The molecule has 0 spiro atoms. The van der Waals surface area contributed by atoms with Crippen LogP contribution in [0.5, 0.6) is 0 Å². The molecule has 4 heteroatoms. The van der Waals surface area contributed by atoms with Gasteiger partial charge >= 0.3 is 0 Å². The average Bonchev–Trinajstić information content (AvgIpc) is 3.20. The molecule has 3 aromatic rings. The van der Waals surface area contributed by atoms with Gasteiger partial charge < -0.3 is 10.2 Å². The van der Waals surface area contributed by atoms with Gasteiger partial charge in [0.25, 0.3) is 5.91 Å². The summed E-state index contributed by atoms with van der Waals surface area (Å²) in [7, 11) is 0. The van der Waals surface area contributed by atoms with Crippen molar-refractivity contribution in [1.29, 1.82) is 0 Å². The number of fused-ring (bicyclic) bond motifs is 3. The predicted octanol–water partition coefficient (Wildman–Crippen LogP) is 4.20. The van der Waals surface area contributed by atoms with E-state index in [2.05, 4.69) is 81.8 Å². The fraction of sp³-hybridized carbons (Fsp3) is 0.296. The molecule has 0 aromatic heterocycles. The van der Waals surface area contributed by atoms with Crippen molar-refractivity contribution in [3.8, 4) is 11.1 Å². The molecule has 1 aliphatic heterocycles. The molecule has 158 valence electrons. The van der Waals surface area contributed by atoms with Crippen LogP contribution in [0.4, 0.5) is 5.69 Å². The van der Waals surface area contributed by atoms with E-state index in [0.717, 1.165) is 57.7 Å². The number of amides is 1. The normalized spacial score (nSPS) is 15.4. The number of nitrogens with one attached hydrogen (secondary N) is 1. The van der Waals surface area contributed by atoms with Gasteiger partial charge in [0.1, 0.15) is 0 Å². The summed E-state index contributed by atoms with van der Waals surface area (Å²) >= 11 is 0. The average molecular weight is 412 g/mol. The molecular weight excluding hydrogens is 382 g/mol. The second-order valence-corrected chi connectivity index (χ2v) is 8.48. The van der Waals surface area contributed by atoms with Gasteiger partial charge in [0, 0.05) is 44.0 Å². The minimum atomic E-state index is 0.0349. The summed E-state index contributed by atoms with van der Waals surface area (Å²) in [4.78, 5) is 17.6. The summed E-state index contributed by atoms with van der Waals surface area (Å²) in [6.07, 6.45) is 1.90. The Hall–Kier alpha value is -3.11. The number of nitrogens with zero attached hydrogens (tertiary/aromatic N) is 2. The number of para-hydroxylation sites is 1. The molecule has 1 aliphatic carbocycles. The Morgan fingerprint density at radius 2 is 1.55 bits per heavy atom. The van der Waals surface area contributed by atoms with Gasteiger partial charge in [-0.2, -0.15) is 0 Å². The number of rotatable bonds is 6. The first-order valence-corrected chi connectivity index (χ1v) is 11.3. The number of hydrogen-bond acceptors (Lipinski definition) is 3. The summed E-state index contributed by atoms with van der Waals surface area (Å²) in [5.41, 5.74) is 7.25. The van der Waals surface area contributed by atoms with Crippen LogP contribution in [0.2, 0.25) is 0 Å². The van der Waals surface area contributed by atoms with Crippen LogP contribution in [0.25, 0.3) is 11.1 Å². The molecule has 0 bridgehead atoms. The second-order valence-electron chi connectivity index (χ2n) is 8.48. The van der Waals surface area contributed by atoms with Crippen molar-refractivity contribution in [2.24, 2.45) is 0 Å². The maximum absolute atomic E-state index is 12.6. The van der Waals surface area contributed by atoms with E-state index in [0.29, 0.717) is 0 Å². The summed E-state index contributed by atoms with van der Waals surface area (Å²) < 4.78 is 0. The molecule has 0 radical (unpaired) electrons. The van der Waals surface area contributed by atoms with Crippen LogP contribution in [0.15, 0.2) is 72.8 Å². The minimum Gasteiger partial charge on any atom is -0.369 e. The minimum absolute atomic E-state index is 0.0349. The Morgan fingerprint density at radius 3 is 2.39 bits per heavy atom. The van der Waals surface area contributed by atoms with E-state index in [1.54, 1.807) is 0 Å². The van der Waals surface area contributed by atoms with Crippen LogP contribution in [0.1, 0.15) is 27.9 Å². The van der Waals surface area contributed by atoms with E-state index in [1.165, 1.54) is 27.9 Å². The number of carbonyl (C=O) groups excluding carboxylic acids is 1. The highest BCUT2D eigenvalue weighted by Crippen LogP contribution is 2.36. The fourth-order valence-electron chi connectivity index (χ4n) is 4.76. The SMILES string of the molecule is O=C(NCCCN1CCN(c2ccccc2)CC1)c1ccc2c(c1)Cc1ccccc1-2. The van der Waals surface area contributed by atoms with E-state index < -0.39 is 0 Å².